The van der Waals surface area contributed by atoms with Crippen molar-refractivity contribution in [1.82, 2.24) is 20.0 Å². The van der Waals surface area contributed by atoms with E-state index < -0.39 is 21.8 Å². The van der Waals surface area contributed by atoms with Gasteiger partial charge in [0.05, 0.1) is 21.2 Å². The minimum Gasteiger partial charge on any atom is -0.465 e. The number of carbonyl (C=O) groups excluding carboxylic acids is 1. The second kappa shape index (κ2) is 19.3. The van der Waals surface area contributed by atoms with Crippen molar-refractivity contribution in [2.45, 2.75) is 66.2 Å². The van der Waals surface area contributed by atoms with E-state index in [4.69, 9.17) is 0 Å². The Hall–Kier alpha value is -4.50. The van der Waals surface area contributed by atoms with Gasteiger partial charge < -0.3 is 40.2 Å². The minimum absolute atomic E-state index is 0.0993. The Balaban J connectivity index is 0.981. The molecular weight excluding hydrogens is 794 g/mol. The first-order valence-electron chi connectivity index (χ1n) is 22.0. The van der Waals surface area contributed by atoms with Crippen LogP contribution in [0.5, 0.6) is 0 Å². The first-order chi connectivity index (χ1) is 29.3. The van der Waals surface area contributed by atoms with Crippen LogP contribution in [0.4, 0.5) is 26.2 Å². The molecule has 3 saturated heterocycles. The van der Waals surface area contributed by atoms with E-state index in [1.54, 1.807) is 30.3 Å². The van der Waals surface area contributed by atoms with Crippen LogP contribution in [0, 0.1) is 23.6 Å². The van der Waals surface area contributed by atoms with Crippen molar-refractivity contribution >= 4 is 38.9 Å². The Morgan fingerprint density at radius 1 is 0.902 bits per heavy atom. The van der Waals surface area contributed by atoms with Gasteiger partial charge in [-0.2, -0.15) is 0 Å². The number of anilines is 3. The quantitative estimate of drug-likeness (QED) is 0.124. The minimum atomic E-state index is -3.87. The zero-order valence-electron chi connectivity index (χ0n) is 36.1. The molecule has 1 saturated carbocycles. The van der Waals surface area contributed by atoms with Crippen LogP contribution in [0.25, 0.3) is 0 Å². The molecule has 0 aromatic heterocycles. The normalized spacial score (nSPS) is 21.4. The molecule has 61 heavy (non-hydrogen) atoms. The molecule has 4 fully saturated rings. The highest BCUT2D eigenvalue weighted by atomic mass is 32.2. The van der Waals surface area contributed by atoms with Crippen molar-refractivity contribution in [1.29, 1.82) is 0 Å². The molecule has 7 rings (SSSR count). The van der Waals surface area contributed by atoms with Gasteiger partial charge in [-0.25, -0.2) is 17.6 Å². The Morgan fingerprint density at radius 3 is 2.26 bits per heavy atom. The van der Waals surface area contributed by atoms with E-state index >= 15 is 0 Å². The molecule has 3 heterocycles. The first-order valence-corrected chi connectivity index (χ1v) is 23.5. The van der Waals surface area contributed by atoms with Crippen LogP contribution in [0.1, 0.15) is 50.5 Å². The number of halogens is 1. The highest BCUT2D eigenvalue weighted by Gasteiger charge is 2.53. The number of benzene rings is 3. The van der Waals surface area contributed by atoms with Crippen LogP contribution in [-0.4, -0.2) is 133 Å². The molecule has 4 aliphatic rings. The monoisotopic (exact) mass is 857 g/mol. The molecule has 0 radical (unpaired) electrons. The van der Waals surface area contributed by atoms with Gasteiger partial charge in [0.25, 0.3) is 0 Å². The summed E-state index contributed by atoms with van der Waals surface area (Å²) in [6.45, 7) is 12.7. The number of carboxylic acid groups (broad SMARTS) is 1. The third-order valence-electron chi connectivity index (χ3n) is 13.8. The van der Waals surface area contributed by atoms with E-state index in [2.05, 4.69) is 42.9 Å². The van der Waals surface area contributed by atoms with Crippen LogP contribution < -0.4 is 20.4 Å². The number of nitrogens with zero attached hydrogens (tertiary/aromatic N) is 5. The molecule has 3 aliphatic heterocycles. The summed E-state index contributed by atoms with van der Waals surface area (Å²) in [5.74, 6) is 0.234. The summed E-state index contributed by atoms with van der Waals surface area (Å²) >= 11 is 0. The van der Waals surface area contributed by atoms with Crippen molar-refractivity contribution in [3.63, 3.8) is 0 Å². The Morgan fingerprint density at radius 2 is 1.62 bits per heavy atom. The van der Waals surface area contributed by atoms with Gasteiger partial charge in [-0.15, -0.1) is 0 Å². The smallest absolute Gasteiger partial charge is 0.404 e. The highest BCUT2D eigenvalue weighted by Crippen LogP contribution is 2.51. The van der Waals surface area contributed by atoms with E-state index in [1.165, 1.54) is 18.2 Å². The number of amides is 2. The van der Waals surface area contributed by atoms with Crippen molar-refractivity contribution < 1.29 is 27.5 Å². The summed E-state index contributed by atoms with van der Waals surface area (Å²) in [5, 5.41) is 15.5. The van der Waals surface area contributed by atoms with E-state index in [9.17, 15) is 27.5 Å². The molecule has 1 aliphatic carbocycles. The van der Waals surface area contributed by atoms with Gasteiger partial charge in [-0.1, -0.05) is 25.1 Å². The van der Waals surface area contributed by atoms with Crippen LogP contribution >= 0.6 is 0 Å². The molecule has 12 nitrogen and oxygen atoms in total. The maximum Gasteiger partial charge on any atom is 0.404 e. The lowest BCUT2D eigenvalue weighted by Gasteiger charge is -2.54. The molecule has 330 valence electrons. The molecule has 0 bridgehead atoms. The number of likely N-dealkylation sites (tertiary alicyclic amines) is 2. The third-order valence-corrected chi connectivity index (χ3v) is 15.6. The molecule has 3 aromatic carbocycles. The summed E-state index contributed by atoms with van der Waals surface area (Å²) in [5.41, 5.74) is 2.80. The number of nitrogens with one attached hydrogen (secondary N) is 2. The van der Waals surface area contributed by atoms with Gasteiger partial charge in [0.2, 0.25) is 15.7 Å². The maximum atomic E-state index is 15.0. The van der Waals surface area contributed by atoms with Crippen LogP contribution in [-0.2, 0) is 20.0 Å². The second-order valence-corrected chi connectivity index (χ2v) is 20.0. The Bertz CT molecular complexity index is 2120. The fourth-order valence-electron chi connectivity index (χ4n) is 10.6. The SMILES string of the molecule is C=CC(=O)Nc1cc(S(=O)(=O)c2ccc(N3CC(CN4CCC(C(CN5CCC5)(c5cccc(F)c5)[C@H]5CCC[C@@H]5NC(=O)O)CC4)C3)cc2)ccc1N(C)CCCN(C)C. The van der Waals surface area contributed by atoms with E-state index in [0.717, 1.165) is 127 Å². The molecule has 1 unspecified atom stereocenters. The van der Waals surface area contributed by atoms with Crippen LogP contribution in [0.2, 0.25) is 0 Å². The second-order valence-electron chi connectivity index (χ2n) is 18.1. The lowest BCUT2D eigenvalue weighted by molar-refractivity contribution is -0.111. The van der Waals surface area contributed by atoms with Gasteiger partial charge in [0, 0.05) is 62.8 Å². The number of rotatable bonds is 18. The summed E-state index contributed by atoms with van der Waals surface area (Å²) < 4.78 is 42.7. The number of carbonyl (C=O) groups is 2. The van der Waals surface area contributed by atoms with Gasteiger partial charge in [-0.3, -0.25) is 4.79 Å². The van der Waals surface area contributed by atoms with Crippen LogP contribution in [0.3, 0.4) is 0 Å². The number of hydrogen-bond acceptors (Lipinski definition) is 9. The summed E-state index contributed by atoms with van der Waals surface area (Å²) in [6, 6.07) is 19.0. The van der Waals surface area contributed by atoms with E-state index in [0.29, 0.717) is 17.5 Å². The van der Waals surface area contributed by atoms with E-state index in [1.807, 2.05) is 44.2 Å². The predicted molar refractivity (Wildman–Crippen MR) is 240 cm³/mol. The number of hydrogen-bond donors (Lipinski definition) is 3. The third kappa shape index (κ3) is 10.1. The largest absolute Gasteiger partial charge is 0.465 e. The zero-order valence-corrected chi connectivity index (χ0v) is 36.9. The summed E-state index contributed by atoms with van der Waals surface area (Å²) in [7, 11) is 2.09. The molecule has 3 N–H and O–H groups in total. The lowest BCUT2D eigenvalue weighted by atomic mass is 9.57. The fraction of sp³-hybridized carbons (Fsp3) is 0.532. The summed E-state index contributed by atoms with van der Waals surface area (Å²) in [6.07, 6.45) is 6.90. The molecular formula is C47H64FN7O5S. The van der Waals surface area contributed by atoms with Gasteiger partial charge >= 0.3 is 6.09 Å². The Labute approximate surface area is 361 Å². The molecule has 0 spiro atoms. The zero-order chi connectivity index (χ0) is 43.3. The lowest BCUT2D eigenvalue weighted by Crippen LogP contribution is -2.60. The first kappa shape index (κ1) is 44.6. The standard InChI is InChI=1S/C47H64FN7O5S/c1-5-45(56)49-43-29-40(18-19-44(43)52(4)23-8-22-51(2)3)61(59,60)39-16-14-38(15-17-39)55-31-34(32-55)30-53-26-20-35(21-27-53)47(33-54-24-9-25-54,36-10-6-11-37(48)28-36)41-12-7-13-42(41)50-46(57)58/h5-6,10-11,14-19,28-29,34-35,41-42,50H,1,7-9,12-13,20-27,30-33H2,2-4H3,(H,49,56)(H,57,58)/t41-,42-,47?/m0/s1. The average molecular weight is 858 g/mol. The highest BCUT2D eigenvalue weighted by molar-refractivity contribution is 7.91. The molecule has 14 heteroatoms. The van der Waals surface area contributed by atoms with Gasteiger partial charge in [-0.05, 0) is 163 Å². The van der Waals surface area contributed by atoms with Crippen molar-refractivity contribution in [3.8, 4) is 0 Å². The van der Waals surface area contributed by atoms with Crippen LogP contribution in [0.15, 0.2) is 89.2 Å². The molecule has 3 atom stereocenters. The number of piperidine rings is 1. The maximum absolute atomic E-state index is 15.0. The van der Waals surface area contributed by atoms with E-state index in [-0.39, 0.29) is 33.0 Å². The van der Waals surface area contributed by atoms with Crippen molar-refractivity contribution in [2.24, 2.45) is 17.8 Å². The topological polar surface area (TPSA) is 129 Å². The molecule has 2 amide bonds. The molecule has 3 aromatic rings. The van der Waals surface area contributed by atoms with Crippen molar-refractivity contribution in [3.05, 3.63) is 90.8 Å². The predicted octanol–water partition coefficient (Wildman–Crippen LogP) is 6.40. The average Bonchev–Trinajstić information content (AvgIpc) is 3.66. The Kier molecular flexibility index (Phi) is 14.1. The fourth-order valence-corrected chi connectivity index (χ4v) is 11.9. The van der Waals surface area contributed by atoms with Gasteiger partial charge in [0.1, 0.15) is 5.82 Å². The van der Waals surface area contributed by atoms with Crippen molar-refractivity contribution in [2.75, 3.05) is 102 Å². The summed E-state index contributed by atoms with van der Waals surface area (Å²) in [4.78, 5) is 36.1. The van der Waals surface area contributed by atoms with Gasteiger partial charge in [0.15, 0.2) is 0 Å². The number of sulfone groups is 1.